The monoisotopic (exact) mass is 348 g/mol. The molecule has 132 valence electrons. The highest BCUT2D eigenvalue weighted by Crippen LogP contribution is 2.34. The molecule has 6 heteroatoms. The number of carbonyl (C=O) groups excluding carboxylic acids is 1. The number of carbonyl (C=O) groups is 1. The van der Waals surface area contributed by atoms with Crippen molar-refractivity contribution in [2.45, 2.75) is 31.6 Å². The SMILES string of the molecule is NC(=O)c1ccc(C2CCCN2Cc2ccc(C(F)(F)F)cc2)cc1. The van der Waals surface area contributed by atoms with Gasteiger partial charge in [-0.1, -0.05) is 24.3 Å². The molecule has 25 heavy (non-hydrogen) atoms. The second-order valence-corrected chi connectivity index (χ2v) is 6.31. The number of hydrogen-bond donors (Lipinski definition) is 1. The quantitative estimate of drug-likeness (QED) is 0.903. The van der Waals surface area contributed by atoms with E-state index in [0.717, 1.165) is 42.6 Å². The van der Waals surface area contributed by atoms with E-state index in [1.165, 1.54) is 12.1 Å². The second kappa shape index (κ2) is 6.88. The number of amides is 1. The molecule has 2 N–H and O–H groups in total. The van der Waals surface area contributed by atoms with E-state index in [9.17, 15) is 18.0 Å². The summed E-state index contributed by atoms with van der Waals surface area (Å²) in [4.78, 5) is 13.4. The van der Waals surface area contributed by atoms with Crippen molar-refractivity contribution in [2.24, 2.45) is 5.73 Å². The Bertz CT molecular complexity index is 739. The Balaban J connectivity index is 1.72. The fourth-order valence-electron chi connectivity index (χ4n) is 3.30. The topological polar surface area (TPSA) is 46.3 Å². The van der Waals surface area contributed by atoms with Crippen molar-refractivity contribution in [3.63, 3.8) is 0 Å². The van der Waals surface area contributed by atoms with Gasteiger partial charge in [0.2, 0.25) is 5.91 Å². The maximum Gasteiger partial charge on any atom is 0.416 e. The molecule has 3 rings (SSSR count). The minimum Gasteiger partial charge on any atom is -0.366 e. The van der Waals surface area contributed by atoms with E-state index < -0.39 is 17.6 Å². The van der Waals surface area contributed by atoms with Crippen molar-refractivity contribution in [1.29, 1.82) is 0 Å². The summed E-state index contributed by atoms with van der Waals surface area (Å²) in [5.74, 6) is -0.459. The van der Waals surface area contributed by atoms with Gasteiger partial charge in [-0.3, -0.25) is 9.69 Å². The third-order valence-electron chi connectivity index (χ3n) is 4.61. The molecule has 0 spiro atoms. The van der Waals surface area contributed by atoms with Crippen molar-refractivity contribution >= 4 is 5.91 Å². The van der Waals surface area contributed by atoms with Crippen LogP contribution in [0.25, 0.3) is 0 Å². The Morgan fingerprint density at radius 1 is 1.08 bits per heavy atom. The molecule has 0 bridgehead atoms. The third-order valence-corrected chi connectivity index (χ3v) is 4.61. The Hall–Kier alpha value is -2.34. The zero-order valence-corrected chi connectivity index (χ0v) is 13.6. The molecule has 1 amide bonds. The van der Waals surface area contributed by atoms with E-state index in [4.69, 9.17) is 5.73 Å². The minimum atomic E-state index is -4.31. The minimum absolute atomic E-state index is 0.198. The van der Waals surface area contributed by atoms with Crippen molar-refractivity contribution < 1.29 is 18.0 Å². The summed E-state index contributed by atoms with van der Waals surface area (Å²) in [6.07, 6.45) is -2.30. The lowest BCUT2D eigenvalue weighted by Crippen LogP contribution is -2.23. The summed E-state index contributed by atoms with van der Waals surface area (Å²) in [7, 11) is 0. The van der Waals surface area contributed by atoms with Gasteiger partial charge in [-0.2, -0.15) is 13.2 Å². The number of alkyl halides is 3. The van der Waals surface area contributed by atoms with Gasteiger partial charge in [0.1, 0.15) is 0 Å². The van der Waals surface area contributed by atoms with Gasteiger partial charge in [-0.05, 0) is 54.8 Å². The van der Waals surface area contributed by atoms with Gasteiger partial charge in [0.15, 0.2) is 0 Å². The molecule has 2 aromatic rings. The smallest absolute Gasteiger partial charge is 0.366 e. The number of hydrogen-bond acceptors (Lipinski definition) is 2. The van der Waals surface area contributed by atoms with Crippen LogP contribution in [0.1, 0.15) is 45.9 Å². The third kappa shape index (κ3) is 4.02. The maximum absolute atomic E-state index is 12.7. The predicted molar refractivity (Wildman–Crippen MR) is 88.8 cm³/mol. The summed E-state index contributed by atoms with van der Waals surface area (Å²) in [6.45, 7) is 1.49. The first-order chi connectivity index (χ1) is 11.8. The lowest BCUT2D eigenvalue weighted by atomic mass is 10.0. The normalized spacial score (nSPS) is 18.4. The Labute approximate surface area is 144 Å². The van der Waals surface area contributed by atoms with Crippen LogP contribution in [-0.2, 0) is 12.7 Å². The van der Waals surface area contributed by atoms with Crippen molar-refractivity contribution in [1.82, 2.24) is 4.90 Å². The number of halogens is 3. The van der Waals surface area contributed by atoms with Crippen LogP contribution in [0.15, 0.2) is 48.5 Å². The summed E-state index contributed by atoms with van der Waals surface area (Å²) in [5.41, 5.74) is 7.05. The van der Waals surface area contributed by atoms with E-state index >= 15 is 0 Å². The molecule has 1 heterocycles. The standard InChI is InChI=1S/C19H19F3N2O/c20-19(21,22)16-9-3-13(4-10-16)12-24-11-1-2-17(24)14-5-7-15(8-6-14)18(23)25/h3-10,17H,1-2,11-12H2,(H2,23,25). The molecular weight excluding hydrogens is 329 g/mol. The fraction of sp³-hybridized carbons (Fsp3) is 0.316. The van der Waals surface area contributed by atoms with E-state index in [2.05, 4.69) is 4.90 Å². The van der Waals surface area contributed by atoms with Crippen LogP contribution in [0, 0.1) is 0 Å². The fourth-order valence-corrected chi connectivity index (χ4v) is 3.30. The summed E-state index contributed by atoms with van der Waals surface area (Å²) in [5, 5.41) is 0. The maximum atomic E-state index is 12.7. The van der Waals surface area contributed by atoms with Gasteiger partial charge in [0.05, 0.1) is 5.56 Å². The van der Waals surface area contributed by atoms with Gasteiger partial charge >= 0.3 is 6.18 Å². The molecule has 0 saturated carbocycles. The highest BCUT2D eigenvalue weighted by atomic mass is 19.4. The molecule has 1 fully saturated rings. The van der Waals surface area contributed by atoms with Crippen molar-refractivity contribution in [3.8, 4) is 0 Å². The average Bonchev–Trinajstić information content (AvgIpc) is 3.02. The van der Waals surface area contributed by atoms with E-state index in [1.54, 1.807) is 12.1 Å². The molecule has 0 aromatic heterocycles. The van der Waals surface area contributed by atoms with Gasteiger partial charge in [0, 0.05) is 18.2 Å². The van der Waals surface area contributed by atoms with Gasteiger partial charge in [-0.15, -0.1) is 0 Å². The highest BCUT2D eigenvalue weighted by molar-refractivity contribution is 5.92. The summed E-state index contributed by atoms with van der Waals surface area (Å²) < 4.78 is 38.0. The average molecular weight is 348 g/mol. The number of primary amides is 1. The lowest BCUT2D eigenvalue weighted by molar-refractivity contribution is -0.137. The van der Waals surface area contributed by atoms with Crippen LogP contribution in [0.4, 0.5) is 13.2 Å². The molecule has 1 aliphatic rings. The number of likely N-dealkylation sites (tertiary alicyclic amines) is 1. The molecule has 2 aromatic carbocycles. The predicted octanol–water partition coefficient (Wildman–Crippen LogP) is 4.14. The molecule has 1 unspecified atom stereocenters. The Morgan fingerprint density at radius 2 is 1.72 bits per heavy atom. The van der Waals surface area contributed by atoms with Crippen LogP contribution < -0.4 is 5.73 Å². The molecule has 1 atom stereocenters. The van der Waals surface area contributed by atoms with E-state index in [1.807, 2.05) is 12.1 Å². The first-order valence-electron chi connectivity index (χ1n) is 8.14. The zero-order valence-electron chi connectivity index (χ0n) is 13.6. The molecule has 1 aliphatic heterocycles. The van der Waals surface area contributed by atoms with Crippen LogP contribution in [-0.4, -0.2) is 17.4 Å². The van der Waals surface area contributed by atoms with Gasteiger partial charge in [0.25, 0.3) is 0 Å². The van der Waals surface area contributed by atoms with E-state index in [-0.39, 0.29) is 6.04 Å². The van der Waals surface area contributed by atoms with E-state index in [0.29, 0.717) is 12.1 Å². The van der Waals surface area contributed by atoms with Crippen molar-refractivity contribution in [2.75, 3.05) is 6.54 Å². The van der Waals surface area contributed by atoms with Crippen LogP contribution in [0.2, 0.25) is 0 Å². The Morgan fingerprint density at radius 3 is 2.28 bits per heavy atom. The molecule has 1 saturated heterocycles. The summed E-state index contributed by atoms with van der Waals surface area (Å²) >= 11 is 0. The number of benzene rings is 2. The first-order valence-corrected chi connectivity index (χ1v) is 8.14. The Kier molecular flexibility index (Phi) is 4.81. The second-order valence-electron chi connectivity index (χ2n) is 6.31. The molecule has 3 nitrogen and oxygen atoms in total. The van der Waals surface area contributed by atoms with Crippen LogP contribution >= 0.6 is 0 Å². The first kappa shape index (κ1) is 17.5. The number of nitrogens with two attached hydrogens (primary N) is 1. The van der Waals surface area contributed by atoms with Crippen LogP contribution in [0.5, 0.6) is 0 Å². The highest BCUT2D eigenvalue weighted by Gasteiger charge is 2.30. The number of nitrogens with zero attached hydrogens (tertiary/aromatic N) is 1. The summed E-state index contributed by atoms with van der Waals surface area (Å²) in [6, 6.07) is 12.8. The molecular formula is C19H19F3N2O. The van der Waals surface area contributed by atoms with Crippen LogP contribution in [0.3, 0.4) is 0 Å². The van der Waals surface area contributed by atoms with Gasteiger partial charge in [-0.25, -0.2) is 0 Å². The molecule has 0 radical (unpaired) electrons. The van der Waals surface area contributed by atoms with Gasteiger partial charge < -0.3 is 5.73 Å². The largest absolute Gasteiger partial charge is 0.416 e. The number of rotatable bonds is 4. The molecule has 0 aliphatic carbocycles. The van der Waals surface area contributed by atoms with Crippen molar-refractivity contribution in [3.05, 3.63) is 70.8 Å². The lowest BCUT2D eigenvalue weighted by Gasteiger charge is -2.25. The zero-order chi connectivity index (χ0) is 18.0.